The quantitative estimate of drug-likeness (QED) is 0.175. The van der Waals surface area contributed by atoms with Crippen molar-refractivity contribution in [3.05, 3.63) is 76.1 Å². The van der Waals surface area contributed by atoms with Crippen molar-refractivity contribution in [2.24, 2.45) is 0 Å². The number of rotatable bonds is 15. The molecule has 0 aliphatic carbocycles. The molecule has 2 aromatic carbocycles. The fourth-order valence-corrected chi connectivity index (χ4v) is 4.72. The van der Waals surface area contributed by atoms with Gasteiger partial charge in [-0.1, -0.05) is 58.0 Å². The number of methoxy groups -OCH3 is 1. The van der Waals surface area contributed by atoms with E-state index in [-0.39, 0.29) is 29.1 Å². The van der Waals surface area contributed by atoms with E-state index < -0.39 is 17.0 Å². The second-order valence-corrected chi connectivity index (χ2v) is 9.45. The number of carbonyl (C=O) groups excluding carboxylic acids is 2. The van der Waals surface area contributed by atoms with E-state index in [0.717, 1.165) is 12.8 Å². The predicted octanol–water partition coefficient (Wildman–Crippen LogP) is 6.14. The van der Waals surface area contributed by atoms with Gasteiger partial charge in [-0.3, -0.25) is 9.59 Å². The molecule has 204 valence electrons. The summed E-state index contributed by atoms with van der Waals surface area (Å²) < 4.78 is 23.2. The molecule has 1 heterocycles. The van der Waals surface area contributed by atoms with Gasteiger partial charge < -0.3 is 18.6 Å². The fourth-order valence-electron chi connectivity index (χ4n) is 4.72. The third-order valence-corrected chi connectivity index (χ3v) is 7.67. The summed E-state index contributed by atoms with van der Waals surface area (Å²) in [6.45, 7) is 8.28. The smallest absolute Gasteiger partial charge is 0.347 e. The molecule has 0 radical (unpaired) electrons. The van der Waals surface area contributed by atoms with Gasteiger partial charge >= 0.3 is 5.63 Å². The summed E-state index contributed by atoms with van der Waals surface area (Å²) in [5.74, 6) is -0.167. The Morgan fingerprint density at radius 1 is 0.895 bits per heavy atom. The molecule has 3 aromatic rings. The van der Waals surface area contributed by atoms with Gasteiger partial charge in [0.25, 0.3) is 0 Å². The Morgan fingerprint density at radius 2 is 1.58 bits per heavy atom. The van der Waals surface area contributed by atoms with Gasteiger partial charge in [-0.2, -0.15) is 0 Å². The van der Waals surface area contributed by atoms with Crippen LogP contribution >= 0.6 is 0 Å². The Bertz CT molecular complexity index is 1280. The lowest BCUT2D eigenvalue weighted by atomic mass is 9.90. The van der Waals surface area contributed by atoms with E-state index >= 15 is 0 Å². The van der Waals surface area contributed by atoms with Gasteiger partial charge in [0.1, 0.15) is 29.1 Å². The standard InChI is InChI=1S/C31H38O7/c1-6-30(7-2,35-5)17-18-37-31(8-3,9-4)27(32)21-36-24-16-15-23-19-25(29(34)38-26(23)20-24)28(33)22-13-11-10-12-14-22/h10-16,19-20H,6-9,17-18,21H2,1-5H3. The van der Waals surface area contributed by atoms with E-state index in [1.54, 1.807) is 55.6 Å². The van der Waals surface area contributed by atoms with Crippen LogP contribution in [0.1, 0.15) is 75.7 Å². The SMILES string of the molecule is CCC(CC)(CCOC(CC)(CC)C(=O)COc1ccc2cc(C(=O)c3ccccc3)c(=O)oc2c1)OC. The molecule has 7 heteroatoms. The van der Waals surface area contributed by atoms with Crippen molar-refractivity contribution in [3.63, 3.8) is 0 Å². The molecule has 1 aromatic heterocycles. The molecular formula is C31H38O7. The monoisotopic (exact) mass is 522 g/mol. The van der Waals surface area contributed by atoms with Crippen LogP contribution < -0.4 is 10.4 Å². The molecule has 0 spiro atoms. The van der Waals surface area contributed by atoms with E-state index in [1.807, 2.05) is 13.8 Å². The van der Waals surface area contributed by atoms with Crippen molar-refractivity contribution < 1.29 is 28.2 Å². The first-order chi connectivity index (χ1) is 18.3. The Balaban J connectivity index is 1.71. The largest absolute Gasteiger partial charge is 0.486 e. The number of ketones is 2. The zero-order valence-corrected chi connectivity index (χ0v) is 23.0. The first kappa shape index (κ1) is 29.3. The number of benzene rings is 2. The van der Waals surface area contributed by atoms with Crippen molar-refractivity contribution >= 4 is 22.5 Å². The van der Waals surface area contributed by atoms with Gasteiger partial charge in [-0.25, -0.2) is 4.79 Å². The molecule has 0 saturated heterocycles. The molecule has 0 saturated carbocycles. The molecule has 38 heavy (non-hydrogen) atoms. The first-order valence-electron chi connectivity index (χ1n) is 13.3. The van der Waals surface area contributed by atoms with E-state index in [2.05, 4.69) is 13.8 Å². The number of fused-ring (bicyclic) bond motifs is 1. The lowest BCUT2D eigenvalue weighted by Crippen LogP contribution is -2.44. The minimum Gasteiger partial charge on any atom is -0.486 e. The lowest BCUT2D eigenvalue weighted by Gasteiger charge is -2.34. The van der Waals surface area contributed by atoms with E-state index in [9.17, 15) is 14.4 Å². The lowest BCUT2D eigenvalue weighted by molar-refractivity contribution is -0.151. The number of hydrogen-bond donors (Lipinski definition) is 0. The summed E-state index contributed by atoms with van der Waals surface area (Å²) in [7, 11) is 1.71. The minimum absolute atomic E-state index is 0.0380. The third-order valence-electron chi connectivity index (χ3n) is 7.67. The maximum atomic E-state index is 13.2. The summed E-state index contributed by atoms with van der Waals surface area (Å²) in [4.78, 5) is 38.6. The zero-order chi connectivity index (χ0) is 27.8. The van der Waals surface area contributed by atoms with Crippen LogP contribution in [-0.2, 0) is 14.3 Å². The maximum absolute atomic E-state index is 13.2. The van der Waals surface area contributed by atoms with Crippen LogP contribution in [-0.4, -0.2) is 43.1 Å². The predicted molar refractivity (Wildman–Crippen MR) is 147 cm³/mol. The molecule has 0 bridgehead atoms. The van der Waals surface area contributed by atoms with Crippen molar-refractivity contribution in [3.8, 4) is 5.75 Å². The molecule has 7 nitrogen and oxygen atoms in total. The summed E-state index contributed by atoms with van der Waals surface area (Å²) in [5.41, 5.74) is -1.29. The molecule has 0 N–H and O–H groups in total. The van der Waals surface area contributed by atoms with Gasteiger partial charge in [0.2, 0.25) is 5.78 Å². The van der Waals surface area contributed by atoms with Gasteiger partial charge in [0.15, 0.2) is 5.78 Å². The zero-order valence-electron chi connectivity index (χ0n) is 23.0. The van der Waals surface area contributed by atoms with Crippen LogP contribution in [0.3, 0.4) is 0 Å². The third kappa shape index (κ3) is 6.40. The van der Waals surface area contributed by atoms with Gasteiger partial charge in [0, 0.05) is 24.1 Å². The highest BCUT2D eigenvalue weighted by atomic mass is 16.5. The summed E-state index contributed by atoms with van der Waals surface area (Å²) in [6.07, 6.45) is 3.48. The van der Waals surface area contributed by atoms with Crippen LogP contribution in [0.25, 0.3) is 11.0 Å². The molecule has 0 unspecified atom stereocenters. The van der Waals surface area contributed by atoms with E-state index in [4.69, 9.17) is 18.6 Å². The summed E-state index contributed by atoms with van der Waals surface area (Å²) in [6, 6.07) is 15.0. The second kappa shape index (κ2) is 13.0. The minimum atomic E-state index is -0.947. The second-order valence-electron chi connectivity index (χ2n) is 9.45. The molecule has 0 aliphatic heterocycles. The molecule has 0 aliphatic rings. The van der Waals surface area contributed by atoms with Crippen LogP contribution in [0.4, 0.5) is 0 Å². The number of ether oxygens (including phenoxy) is 3. The molecule has 0 amide bonds. The number of Topliss-reactive ketones (excluding diaryl/α,β-unsaturated/α-hetero) is 1. The number of hydrogen-bond acceptors (Lipinski definition) is 7. The fraction of sp³-hybridized carbons (Fsp3) is 0.452. The van der Waals surface area contributed by atoms with Gasteiger partial charge in [0.05, 0.1) is 12.2 Å². The van der Waals surface area contributed by atoms with Crippen molar-refractivity contribution in [1.82, 2.24) is 0 Å². The highest BCUT2D eigenvalue weighted by molar-refractivity contribution is 6.09. The highest BCUT2D eigenvalue weighted by Gasteiger charge is 2.37. The van der Waals surface area contributed by atoms with Gasteiger partial charge in [-0.15, -0.1) is 0 Å². The van der Waals surface area contributed by atoms with E-state index in [0.29, 0.717) is 42.6 Å². The Morgan fingerprint density at radius 3 is 2.18 bits per heavy atom. The molecule has 0 atom stereocenters. The summed E-state index contributed by atoms with van der Waals surface area (Å²) >= 11 is 0. The molecule has 3 rings (SSSR count). The first-order valence-corrected chi connectivity index (χ1v) is 13.3. The Kier molecular flexibility index (Phi) is 10.00. The Labute approximate surface area is 224 Å². The normalized spacial score (nSPS) is 12.0. The highest BCUT2D eigenvalue weighted by Crippen LogP contribution is 2.28. The van der Waals surface area contributed by atoms with Gasteiger partial charge in [-0.05, 0) is 50.3 Å². The topological polar surface area (TPSA) is 92.0 Å². The molecular weight excluding hydrogens is 484 g/mol. The average Bonchev–Trinajstić information content (AvgIpc) is 2.96. The van der Waals surface area contributed by atoms with E-state index in [1.165, 1.54) is 6.07 Å². The van der Waals surface area contributed by atoms with Crippen LogP contribution in [0.2, 0.25) is 0 Å². The average molecular weight is 523 g/mol. The van der Waals surface area contributed by atoms with Crippen molar-refractivity contribution in [2.45, 2.75) is 71.0 Å². The Hall–Kier alpha value is -3.29. The summed E-state index contributed by atoms with van der Waals surface area (Å²) in [5, 5.41) is 0.579. The van der Waals surface area contributed by atoms with Crippen LogP contribution in [0.15, 0.2) is 63.8 Å². The van der Waals surface area contributed by atoms with Crippen LogP contribution in [0.5, 0.6) is 5.75 Å². The maximum Gasteiger partial charge on any atom is 0.347 e. The van der Waals surface area contributed by atoms with Crippen molar-refractivity contribution in [2.75, 3.05) is 20.3 Å². The number of carbonyl (C=O) groups is 2. The van der Waals surface area contributed by atoms with Crippen LogP contribution in [0, 0.1) is 0 Å². The van der Waals surface area contributed by atoms with Crippen molar-refractivity contribution in [1.29, 1.82) is 0 Å². The molecule has 0 fully saturated rings.